The molecule has 0 spiro atoms. The van der Waals surface area contributed by atoms with Crippen molar-refractivity contribution in [3.05, 3.63) is 24.4 Å². The average Bonchev–Trinajstić information content (AvgIpc) is 2.76. The Bertz CT molecular complexity index is 948. The van der Waals surface area contributed by atoms with Gasteiger partial charge in [0.25, 0.3) is 0 Å². The highest BCUT2D eigenvalue weighted by Gasteiger charge is 2.55. The van der Waals surface area contributed by atoms with Crippen molar-refractivity contribution in [2.24, 2.45) is 10.7 Å². The van der Waals surface area contributed by atoms with Gasteiger partial charge in [0.2, 0.25) is 0 Å². The second-order valence-electron chi connectivity index (χ2n) is 6.38. The lowest BCUT2D eigenvalue weighted by atomic mass is 9.96. The van der Waals surface area contributed by atoms with Crippen LogP contribution in [0.15, 0.2) is 29.4 Å². The third-order valence-corrected chi connectivity index (χ3v) is 7.67. The average molecular weight is 513 g/mol. The number of amidine groups is 1. The Kier molecular flexibility index (Phi) is 7.38. The minimum atomic E-state index is -5.74. The SMILES string of the molecule is C=C1N=C(N)C(F)=CN1[C@@H]1O[C@H](COP(=O)(O)OP(=O)(O)OP(=O)(O)O)[C@H](O)C1(C)O. The van der Waals surface area contributed by atoms with Gasteiger partial charge >= 0.3 is 23.5 Å². The number of halogens is 1. The van der Waals surface area contributed by atoms with Gasteiger partial charge < -0.3 is 45.2 Å². The number of nitrogens with two attached hydrogens (primary N) is 1. The second kappa shape index (κ2) is 8.72. The summed E-state index contributed by atoms with van der Waals surface area (Å²) in [5.74, 6) is -1.67. The number of phosphoric ester groups is 1. The van der Waals surface area contributed by atoms with Crippen LogP contribution in [0.4, 0.5) is 4.39 Å². The van der Waals surface area contributed by atoms with Crippen molar-refractivity contribution in [2.75, 3.05) is 6.61 Å². The van der Waals surface area contributed by atoms with E-state index < -0.39 is 65.8 Å². The molecule has 0 aliphatic carbocycles. The van der Waals surface area contributed by atoms with Crippen LogP contribution in [-0.4, -0.2) is 71.2 Å². The molecule has 0 aromatic carbocycles. The molecule has 3 unspecified atom stereocenters. The van der Waals surface area contributed by atoms with E-state index >= 15 is 0 Å². The van der Waals surface area contributed by atoms with Gasteiger partial charge in [0.1, 0.15) is 23.6 Å². The molecule has 2 aliphatic rings. The first-order valence-electron chi connectivity index (χ1n) is 7.88. The molecule has 2 heterocycles. The number of aliphatic imine (C=N–C) groups is 1. The van der Waals surface area contributed by atoms with Crippen LogP contribution in [0.1, 0.15) is 6.92 Å². The quantitative estimate of drug-likeness (QED) is 0.195. The number of phosphoric acid groups is 3. The zero-order chi connectivity index (χ0) is 24.0. The maximum absolute atomic E-state index is 13.8. The third kappa shape index (κ3) is 6.49. The Hall–Kier alpha value is -1.03. The van der Waals surface area contributed by atoms with Crippen LogP contribution in [0.25, 0.3) is 0 Å². The van der Waals surface area contributed by atoms with E-state index in [4.69, 9.17) is 25.2 Å². The Morgan fingerprint density at radius 3 is 2.42 bits per heavy atom. The van der Waals surface area contributed by atoms with Crippen LogP contribution in [0.2, 0.25) is 0 Å². The molecule has 0 amide bonds. The summed E-state index contributed by atoms with van der Waals surface area (Å²) < 4.78 is 64.3. The van der Waals surface area contributed by atoms with Crippen molar-refractivity contribution < 1.29 is 65.8 Å². The normalized spacial score (nSPS) is 33.5. The van der Waals surface area contributed by atoms with Crippen molar-refractivity contribution in [2.45, 2.75) is 31.0 Å². The molecule has 0 radical (unpaired) electrons. The van der Waals surface area contributed by atoms with Gasteiger partial charge in [-0.2, -0.15) is 8.62 Å². The molecule has 16 nitrogen and oxygen atoms in total. The van der Waals surface area contributed by atoms with Crippen LogP contribution in [-0.2, 0) is 31.6 Å². The number of aliphatic hydroxyl groups is 2. The van der Waals surface area contributed by atoms with Gasteiger partial charge in [-0.15, -0.1) is 0 Å². The highest BCUT2D eigenvalue weighted by Crippen LogP contribution is 2.66. The van der Waals surface area contributed by atoms with Crippen molar-refractivity contribution in [1.82, 2.24) is 4.90 Å². The first kappa shape index (κ1) is 26.2. The van der Waals surface area contributed by atoms with Crippen LogP contribution >= 0.6 is 23.5 Å². The van der Waals surface area contributed by atoms with E-state index in [0.717, 1.165) is 18.0 Å². The van der Waals surface area contributed by atoms with E-state index in [1.807, 2.05) is 0 Å². The standard InChI is InChI=1S/C11H19FN3O13P3/c1-5-14-9(13)6(12)3-15(5)10-11(2,17)8(16)7(26-10)4-25-30(21,22)28-31(23,24)27-29(18,19)20/h3,7-8,10,16-17H,1,4H2,2H3,(H2,13,14)(H,21,22)(H,23,24)(H2,18,19,20)/t7-,8+,10-,11?/m1/s1. The van der Waals surface area contributed by atoms with E-state index in [2.05, 4.69) is 24.7 Å². The summed E-state index contributed by atoms with van der Waals surface area (Å²) in [5.41, 5.74) is 3.16. The summed E-state index contributed by atoms with van der Waals surface area (Å²) in [6, 6.07) is 0. The Morgan fingerprint density at radius 1 is 1.29 bits per heavy atom. The lowest BCUT2D eigenvalue weighted by Gasteiger charge is -2.35. The largest absolute Gasteiger partial charge is 0.490 e. The number of aliphatic hydroxyl groups excluding tert-OH is 1. The number of hydrogen-bond acceptors (Lipinski definition) is 12. The van der Waals surface area contributed by atoms with Crippen molar-refractivity contribution >= 4 is 29.3 Å². The molecule has 31 heavy (non-hydrogen) atoms. The summed E-state index contributed by atoms with van der Waals surface area (Å²) >= 11 is 0. The molecule has 1 saturated heterocycles. The summed E-state index contributed by atoms with van der Waals surface area (Å²) in [6.45, 7) is 3.53. The predicted molar refractivity (Wildman–Crippen MR) is 96.9 cm³/mol. The van der Waals surface area contributed by atoms with Crippen LogP contribution in [0, 0.1) is 0 Å². The van der Waals surface area contributed by atoms with E-state index in [-0.39, 0.29) is 5.82 Å². The molecule has 0 aromatic rings. The van der Waals surface area contributed by atoms with Crippen molar-refractivity contribution in [3.63, 3.8) is 0 Å². The molecule has 8 N–H and O–H groups in total. The molecule has 20 heteroatoms. The Labute approximate surface area is 173 Å². The van der Waals surface area contributed by atoms with Gasteiger partial charge in [-0.05, 0) is 6.92 Å². The first-order chi connectivity index (χ1) is 13.8. The third-order valence-electron chi connectivity index (χ3n) is 3.87. The van der Waals surface area contributed by atoms with Crippen LogP contribution < -0.4 is 5.73 Å². The maximum atomic E-state index is 13.8. The van der Waals surface area contributed by atoms with Crippen LogP contribution in [0.5, 0.6) is 0 Å². The smallest absolute Gasteiger partial charge is 0.387 e. The zero-order valence-corrected chi connectivity index (χ0v) is 18.1. The molecule has 0 aromatic heterocycles. The molecule has 2 aliphatic heterocycles. The molecule has 1 fully saturated rings. The molecule has 178 valence electrons. The second-order valence-corrected chi connectivity index (χ2v) is 10.8. The lowest BCUT2D eigenvalue weighted by Crippen LogP contribution is -2.51. The molecule has 2 rings (SSSR count). The number of rotatable bonds is 8. The lowest BCUT2D eigenvalue weighted by molar-refractivity contribution is -0.111. The molecule has 6 atom stereocenters. The fourth-order valence-electron chi connectivity index (χ4n) is 2.56. The van der Waals surface area contributed by atoms with Gasteiger partial charge in [0, 0.05) is 6.20 Å². The van der Waals surface area contributed by atoms with E-state index in [1.165, 1.54) is 0 Å². The zero-order valence-electron chi connectivity index (χ0n) is 15.5. The summed E-state index contributed by atoms with van der Waals surface area (Å²) in [5, 5.41) is 20.8. The van der Waals surface area contributed by atoms with Crippen molar-refractivity contribution in [3.8, 4) is 0 Å². The molecule has 0 saturated carbocycles. The van der Waals surface area contributed by atoms with E-state index in [0.29, 0.717) is 0 Å². The minimum Gasteiger partial charge on any atom is -0.387 e. The van der Waals surface area contributed by atoms with E-state index in [1.54, 1.807) is 0 Å². The topological polar surface area (TPSA) is 251 Å². The van der Waals surface area contributed by atoms with Crippen LogP contribution in [0.3, 0.4) is 0 Å². The summed E-state index contributed by atoms with van der Waals surface area (Å²) in [6.07, 6.45) is -4.16. The van der Waals surface area contributed by atoms with E-state index in [9.17, 15) is 33.2 Å². The van der Waals surface area contributed by atoms with Gasteiger partial charge in [0.15, 0.2) is 17.9 Å². The fourth-order valence-corrected chi connectivity index (χ4v) is 5.59. The van der Waals surface area contributed by atoms with Crippen molar-refractivity contribution in [1.29, 1.82) is 0 Å². The van der Waals surface area contributed by atoms with Gasteiger partial charge in [-0.3, -0.25) is 4.52 Å². The molecule has 0 bridgehead atoms. The Morgan fingerprint density at radius 2 is 1.87 bits per heavy atom. The highest BCUT2D eigenvalue weighted by atomic mass is 31.3. The van der Waals surface area contributed by atoms with Gasteiger partial charge in [0.05, 0.1) is 6.61 Å². The summed E-state index contributed by atoms with van der Waals surface area (Å²) in [7, 11) is -16.8. The Balaban J connectivity index is 2.10. The van der Waals surface area contributed by atoms with Gasteiger partial charge in [-0.25, -0.2) is 23.1 Å². The summed E-state index contributed by atoms with van der Waals surface area (Å²) in [4.78, 5) is 40.0. The maximum Gasteiger partial charge on any atom is 0.490 e. The predicted octanol–water partition coefficient (Wildman–Crippen LogP) is -0.879. The highest BCUT2D eigenvalue weighted by molar-refractivity contribution is 7.66. The minimum absolute atomic E-state index is 0.176. The fraction of sp³-hybridized carbons (Fsp3) is 0.545. The monoisotopic (exact) mass is 513 g/mol. The molecular weight excluding hydrogens is 494 g/mol. The first-order valence-corrected chi connectivity index (χ1v) is 12.4. The molecular formula is C11H19FN3O13P3. The van der Waals surface area contributed by atoms with Gasteiger partial charge in [-0.1, -0.05) is 6.58 Å². The number of hydrogen-bond donors (Lipinski definition) is 7. The number of ether oxygens (including phenoxy) is 1. The number of nitrogens with zero attached hydrogens (tertiary/aromatic N) is 2.